The SMILES string of the molecule is COc1ccc(C(CC(N)=O)c2oc(CN3C[C@H]4C[C@@H](C3)c3cccc(=O)n3C4)cc(=O)c2O)c(OC)c1. The maximum Gasteiger partial charge on any atom is 0.250 e. The van der Waals surface area contributed by atoms with Crippen molar-refractivity contribution in [3.8, 4) is 17.2 Å². The molecule has 200 valence electrons. The molecule has 3 N–H and O–H groups in total. The molecule has 38 heavy (non-hydrogen) atoms. The average Bonchev–Trinajstić information content (AvgIpc) is 2.89. The molecule has 1 saturated heterocycles. The van der Waals surface area contributed by atoms with E-state index in [4.69, 9.17) is 19.6 Å². The summed E-state index contributed by atoms with van der Waals surface area (Å²) in [5.41, 5.74) is 6.53. The number of pyridine rings is 1. The van der Waals surface area contributed by atoms with Crippen LogP contribution >= 0.6 is 0 Å². The molecule has 2 aliphatic rings. The van der Waals surface area contributed by atoms with Gasteiger partial charge in [0, 0.05) is 61.4 Å². The fourth-order valence-corrected chi connectivity index (χ4v) is 5.87. The molecule has 3 atom stereocenters. The van der Waals surface area contributed by atoms with E-state index in [2.05, 4.69) is 4.90 Å². The zero-order valence-corrected chi connectivity index (χ0v) is 21.4. The highest BCUT2D eigenvalue weighted by Gasteiger charge is 2.35. The minimum atomic E-state index is -0.847. The zero-order valence-electron chi connectivity index (χ0n) is 21.4. The second-order valence-electron chi connectivity index (χ2n) is 10.0. The van der Waals surface area contributed by atoms with Crippen molar-refractivity contribution in [3.05, 3.63) is 85.8 Å². The molecule has 1 unspecified atom stereocenters. The van der Waals surface area contributed by atoms with E-state index < -0.39 is 23.0 Å². The first kappa shape index (κ1) is 25.6. The number of benzene rings is 1. The molecule has 2 bridgehead atoms. The van der Waals surface area contributed by atoms with Crippen LogP contribution in [0.5, 0.6) is 17.2 Å². The van der Waals surface area contributed by atoms with Crippen molar-refractivity contribution in [2.24, 2.45) is 11.7 Å². The van der Waals surface area contributed by atoms with Gasteiger partial charge >= 0.3 is 0 Å². The number of methoxy groups -OCH3 is 2. The Kier molecular flexibility index (Phi) is 6.98. The van der Waals surface area contributed by atoms with Crippen molar-refractivity contribution in [1.82, 2.24) is 9.47 Å². The molecule has 3 aromatic rings. The summed E-state index contributed by atoms with van der Waals surface area (Å²) in [6, 6.07) is 11.7. The number of nitrogens with two attached hydrogens (primary N) is 1. The zero-order chi connectivity index (χ0) is 27.0. The number of rotatable bonds is 8. The summed E-state index contributed by atoms with van der Waals surface area (Å²) in [7, 11) is 3.00. The van der Waals surface area contributed by atoms with Crippen LogP contribution in [-0.4, -0.2) is 47.8 Å². The van der Waals surface area contributed by atoms with Crippen molar-refractivity contribution in [1.29, 1.82) is 0 Å². The van der Waals surface area contributed by atoms with Gasteiger partial charge in [-0.25, -0.2) is 0 Å². The van der Waals surface area contributed by atoms with Crippen LogP contribution in [0.25, 0.3) is 0 Å². The maximum absolute atomic E-state index is 12.8. The lowest BCUT2D eigenvalue weighted by Crippen LogP contribution is -2.46. The van der Waals surface area contributed by atoms with Crippen LogP contribution in [-0.2, 0) is 17.9 Å². The van der Waals surface area contributed by atoms with Crippen molar-refractivity contribution >= 4 is 5.91 Å². The predicted molar refractivity (Wildman–Crippen MR) is 139 cm³/mol. The summed E-state index contributed by atoms with van der Waals surface area (Å²) in [6.07, 6.45) is 0.796. The van der Waals surface area contributed by atoms with E-state index in [9.17, 15) is 19.5 Å². The summed E-state index contributed by atoms with van der Waals surface area (Å²) in [5.74, 6) is -0.260. The van der Waals surface area contributed by atoms with Gasteiger partial charge in [0.1, 0.15) is 17.3 Å². The lowest BCUT2D eigenvalue weighted by Gasteiger charge is -2.42. The highest BCUT2D eigenvalue weighted by atomic mass is 16.5. The van der Waals surface area contributed by atoms with Crippen LogP contribution in [0.4, 0.5) is 0 Å². The lowest BCUT2D eigenvalue weighted by atomic mass is 9.83. The van der Waals surface area contributed by atoms with Crippen molar-refractivity contribution in [2.45, 2.75) is 37.8 Å². The van der Waals surface area contributed by atoms with E-state index in [0.717, 1.165) is 18.7 Å². The van der Waals surface area contributed by atoms with E-state index in [1.54, 1.807) is 30.3 Å². The van der Waals surface area contributed by atoms with Crippen LogP contribution in [0.1, 0.15) is 47.5 Å². The minimum absolute atomic E-state index is 0.0225. The van der Waals surface area contributed by atoms with Gasteiger partial charge < -0.3 is 29.3 Å². The molecule has 2 aromatic heterocycles. The number of likely N-dealkylation sites (tertiary alicyclic amines) is 1. The molecule has 1 fully saturated rings. The Morgan fingerprint density at radius 1 is 1.13 bits per heavy atom. The van der Waals surface area contributed by atoms with E-state index in [0.29, 0.717) is 48.4 Å². The number of carbonyl (C=O) groups excluding carboxylic acids is 1. The Morgan fingerprint density at radius 3 is 2.68 bits per heavy atom. The molecule has 10 heteroatoms. The summed E-state index contributed by atoms with van der Waals surface area (Å²) in [4.78, 5) is 39.4. The van der Waals surface area contributed by atoms with E-state index in [1.165, 1.54) is 20.3 Å². The van der Waals surface area contributed by atoms with Crippen LogP contribution in [0.15, 0.2) is 56.5 Å². The minimum Gasteiger partial charge on any atom is -0.502 e. The number of carbonyl (C=O) groups is 1. The largest absolute Gasteiger partial charge is 0.502 e. The molecule has 10 nitrogen and oxygen atoms in total. The fraction of sp³-hybridized carbons (Fsp3) is 0.393. The van der Waals surface area contributed by atoms with Crippen molar-refractivity contribution in [2.75, 3.05) is 27.3 Å². The summed E-state index contributed by atoms with van der Waals surface area (Å²) in [5, 5.41) is 10.7. The number of nitrogens with zero attached hydrogens (tertiary/aromatic N) is 2. The number of aromatic nitrogens is 1. The topological polar surface area (TPSA) is 137 Å². The van der Waals surface area contributed by atoms with E-state index >= 15 is 0 Å². The van der Waals surface area contributed by atoms with Crippen LogP contribution in [0, 0.1) is 5.92 Å². The Balaban J connectivity index is 1.47. The Hall–Kier alpha value is -4.05. The van der Waals surface area contributed by atoms with Gasteiger partial charge in [0.2, 0.25) is 17.1 Å². The lowest BCUT2D eigenvalue weighted by molar-refractivity contribution is -0.118. The number of ether oxygens (including phenoxy) is 2. The fourth-order valence-electron chi connectivity index (χ4n) is 5.87. The maximum atomic E-state index is 12.8. The molecule has 0 spiro atoms. The van der Waals surface area contributed by atoms with Gasteiger partial charge in [-0.05, 0) is 24.5 Å². The summed E-state index contributed by atoms with van der Waals surface area (Å²) < 4.78 is 18.8. The Morgan fingerprint density at radius 2 is 1.95 bits per heavy atom. The highest BCUT2D eigenvalue weighted by Crippen LogP contribution is 2.40. The third-order valence-corrected chi connectivity index (χ3v) is 7.47. The molecule has 0 aliphatic carbocycles. The van der Waals surface area contributed by atoms with Gasteiger partial charge in [-0.15, -0.1) is 0 Å². The van der Waals surface area contributed by atoms with Gasteiger partial charge in [-0.3, -0.25) is 19.3 Å². The highest BCUT2D eigenvalue weighted by molar-refractivity contribution is 5.76. The molecule has 4 heterocycles. The van der Waals surface area contributed by atoms with Crippen molar-refractivity contribution in [3.63, 3.8) is 0 Å². The van der Waals surface area contributed by atoms with E-state index in [1.807, 2.05) is 10.6 Å². The first-order chi connectivity index (χ1) is 18.3. The van der Waals surface area contributed by atoms with Crippen LogP contribution in [0.2, 0.25) is 0 Å². The first-order valence-corrected chi connectivity index (χ1v) is 12.6. The monoisotopic (exact) mass is 521 g/mol. The number of hydrogen-bond donors (Lipinski definition) is 2. The quantitative estimate of drug-likeness (QED) is 0.460. The van der Waals surface area contributed by atoms with Gasteiger partial charge in [-0.1, -0.05) is 12.1 Å². The number of primary amides is 1. The molecule has 0 radical (unpaired) electrons. The number of hydrogen-bond acceptors (Lipinski definition) is 8. The molecular weight excluding hydrogens is 490 g/mol. The van der Waals surface area contributed by atoms with Gasteiger partial charge in [0.05, 0.1) is 26.7 Å². The number of fused-ring (bicyclic) bond motifs is 4. The molecule has 5 rings (SSSR count). The molecule has 0 saturated carbocycles. The third kappa shape index (κ3) is 4.91. The average molecular weight is 522 g/mol. The number of piperidine rings is 1. The second kappa shape index (κ2) is 10.4. The molecule has 1 amide bonds. The number of amides is 1. The second-order valence-corrected chi connectivity index (χ2v) is 10.0. The molecule has 1 aromatic carbocycles. The molecular formula is C28H31N3O7. The van der Waals surface area contributed by atoms with Gasteiger partial charge in [0.15, 0.2) is 5.76 Å². The first-order valence-electron chi connectivity index (χ1n) is 12.6. The Bertz CT molecular complexity index is 1480. The number of aromatic hydroxyl groups is 1. The van der Waals surface area contributed by atoms with Crippen molar-refractivity contribution < 1.29 is 23.8 Å². The standard InChI is InChI=1S/C28H31N3O7/c1-36-18-6-7-20(24(10-18)37-2)21(11-25(29)33)28-27(35)23(32)9-19(38-28)15-30-12-16-8-17(14-30)22-4-3-5-26(34)31(22)13-16/h3-7,9-10,16-17,21,35H,8,11-15H2,1-2H3,(H2,29,33)/t16-,17+,21?/m1/s1. The Labute approximate surface area is 219 Å². The van der Waals surface area contributed by atoms with E-state index in [-0.39, 0.29) is 23.7 Å². The molecule has 2 aliphatic heterocycles. The predicted octanol–water partition coefficient (Wildman–Crippen LogP) is 2.15. The summed E-state index contributed by atoms with van der Waals surface area (Å²) >= 11 is 0. The van der Waals surface area contributed by atoms with Crippen LogP contribution < -0.4 is 26.2 Å². The van der Waals surface area contributed by atoms with Gasteiger partial charge in [0.25, 0.3) is 5.56 Å². The third-order valence-electron chi connectivity index (χ3n) is 7.47. The summed E-state index contributed by atoms with van der Waals surface area (Å²) in [6.45, 7) is 2.45. The smallest absolute Gasteiger partial charge is 0.250 e. The van der Waals surface area contributed by atoms with Crippen LogP contribution in [0.3, 0.4) is 0 Å². The normalized spacial score (nSPS) is 19.4. The van der Waals surface area contributed by atoms with Gasteiger partial charge in [-0.2, -0.15) is 0 Å².